The second-order valence-corrected chi connectivity index (χ2v) is 3.82. The minimum absolute atomic E-state index is 0.870. The Labute approximate surface area is 83.5 Å². The van der Waals surface area contributed by atoms with Crippen LogP contribution in [0.4, 0.5) is 0 Å². The van der Waals surface area contributed by atoms with Gasteiger partial charge >= 0.3 is 10.4 Å². The molecule has 0 radical (unpaired) electrons. The first-order valence-corrected chi connectivity index (χ1v) is 5.12. The molecule has 0 aliphatic rings. The third-order valence-electron chi connectivity index (χ3n) is 1.44. The number of hydrogen-bond acceptors (Lipinski definition) is 4. The molecule has 82 valence electrons. The van der Waals surface area contributed by atoms with Gasteiger partial charge in [0.05, 0.1) is 12.8 Å². The molecule has 1 aromatic rings. The van der Waals surface area contributed by atoms with Gasteiger partial charge in [0.15, 0.2) is 0 Å². The predicted octanol–water partition coefficient (Wildman–Crippen LogP) is 0.473. The van der Waals surface area contributed by atoms with Crippen LogP contribution in [0.15, 0.2) is 6.20 Å². The zero-order valence-corrected chi connectivity index (χ0v) is 9.37. The minimum atomic E-state index is -4.16. The van der Waals surface area contributed by atoms with Gasteiger partial charge in [-0.05, 0) is 13.8 Å². The lowest BCUT2D eigenvalue weighted by Gasteiger charge is -1.87. The molecule has 0 bridgehead atoms. The topological polar surface area (TPSA) is 81.4 Å². The van der Waals surface area contributed by atoms with Gasteiger partial charge in [0, 0.05) is 13.2 Å². The van der Waals surface area contributed by atoms with Crippen LogP contribution in [0, 0.1) is 13.8 Å². The summed E-state index contributed by atoms with van der Waals surface area (Å²) >= 11 is 0. The normalized spacial score (nSPS) is 10.6. The van der Waals surface area contributed by atoms with Gasteiger partial charge in [-0.1, -0.05) is 0 Å². The lowest BCUT2D eigenvalue weighted by atomic mass is 10.6. The fraction of sp³-hybridized carbons (Fsp3) is 0.571. The fourth-order valence-corrected chi connectivity index (χ4v) is 0.737. The van der Waals surface area contributed by atoms with Crippen LogP contribution in [-0.4, -0.2) is 29.6 Å². The Morgan fingerprint density at radius 1 is 1.50 bits per heavy atom. The van der Waals surface area contributed by atoms with E-state index in [-0.39, 0.29) is 0 Å². The van der Waals surface area contributed by atoms with Crippen LogP contribution >= 0.6 is 0 Å². The van der Waals surface area contributed by atoms with Gasteiger partial charge < -0.3 is 4.57 Å². The zero-order chi connectivity index (χ0) is 11.4. The van der Waals surface area contributed by atoms with Crippen LogP contribution < -0.4 is 0 Å². The van der Waals surface area contributed by atoms with Crippen molar-refractivity contribution in [1.82, 2.24) is 9.55 Å². The van der Waals surface area contributed by atoms with E-state index in [1.165, 1.54) is 0 Å². The summed E-state index contributed by atoms with van der Waals surface area (Å²) in [4.78, 5) is 4.17. The van der Waals surface area contributed by atoms with E-state index in [4.69, 9.17) is 4.55 Å². The molecule has 1 aromatic heterocycles. The summed E-state index contributed by atoms with van der Waals surface area (Å²) in [5, 5.41) is 0. The average Bonchev–Trinajstić information content (AvgIpc) is 2.29. The third-order valence-corrected chi connectivity index (χ3v) is 1.86. The Kier molecular flexibility index (Phi) is 4.75. The molecule has 7 heteroatoms. The quantitative estimate of drug-likeness (QED) is 0.698. The lowest BCUT2D eigenvalue weighted by Crippen LogP contribution is -1.96. The summed E-state index contributed by atoms with van der Waals surface area (Å²) in [5.41, 5.74) is 1.09. The van der Waals surface area contributed by atoms with Gasteiger partial charge in [-0.15, -0.1) is 0 Å². The molecule has 0 unspecified atom stereocenters. The van der Waals surface area contributed by atoms with Crippen LogP contribution in [0.25, 0.3) is 0 Å². The average molecular weight is 222 g/mol. The van der Waals surface area contributed by atoms with Crippen molar-refractivity contribution in [3.8, 4) is 0 Å². The molecular weight excluding hydrogens is 208 g/mol. The van der Waals surface area contributed by atoms with E-state index in [0.29, 0.717) is 0 Å². The van der Waals surface area contributed by atoms with Crippen molar-refractivity contribution in [1.29, 1.82) is 0 Å². The Morgan fingerprint density at radius 2 is 1.93 bits per heavy atom. The van der Waals surface area contributed by atoms with Crippen LogP contribution in [-0.2, 0) is 21.6 Å². The first kappa shape index (κ1) is 13.1. The van der Waals surface area contributed by atoms with Gasteiger partial charge in [-0.25, -0.2) is 4.98 Å². The van der Waals surface area contributed by atoms with E-state index >= 15 is 0 Å². The van der Waals surface area contributed by atoms with Gasteiger partial charge in [0.2, 0.25) is 0 Å². The summed E-state index contributed by atoms with van der Waals surface area (Å²) in [6.45, 7) is 3.99. The summed E-state index contributed by atoms with van der Waals surface area (Å²) in [6.07, 6.45) is 2.01. The highest BCUT2D eigenvalue weighted by atomic mass is 32.3. The molecule has 6 nitrogen and oxygen atoms in total. The molecule has 0 saturated heterocycles. The molecule has 0 aliphatic carbocycles. The molecule has 0 aromatic carbocycles. The number of imidazole rings is 1. The molecule has 1 rings (SSSR count). The maximum Gasteiger partial charge on any atom is 0.397 e. The van der Waals surface area contributed by atoms with Crippen molar-refractivity contribution >= 4 is 10.4 Å². The van der Waals surface area contributed by atoms with E-state index in [1.807, 2.05) is 31.7 Å². The van der Waals surface area contributed by atoms with Crippen molar-refractivity contribution < 1.29 is 17.2 Å². The maximum atomic E-state index is 9.33. The molecule has 0 amide bonds. The number of aromatic nitrogens is 2. The molecule has 0 atom stereocenters. The Bertz CT molecular complexity index is 363. The Hall–Kier alpha value is -0.920. The molecular formula is C7H14N2O4S. The van der Waals surface area contributed by atoms with Crippen molar-refractivity contribution in [2.45, 2.75) is 13.8 Å². The van der Waals surface area contributed by atoms with Crippen molar-refractivity contribution in [3.63, 3.8) is 0 Å². The summed E-state index contributed by atoms with van der Waals surface area (Å²) in [6, 6.07) is 0. The van der Waals surface area contributed by atoms with Gasteiger partial charge in [0.25, 0.3) is 0 Å². The summed E-state index contributed by atoms with van der Waals surface area (Å²) < 4.78 is 31.7. The highest BCUT2D eigenvalue weighted by molar-refractivity contribution is 7.80. The van der Waals surface area contributed by atoms with E-state index in [2.05, 4.69) is 9.17 Å². The molecule has 0 fully saturated rings. The standard InChI is InChI=1S/C6H10N2.CH4O4S/c1-5-4-8(3)6(2)7-5;1-5-6(2,3)4/h4H,1-3H3;1H3,(H,2,3,4). The summed E-state index contributed by atoms with van der Waals surface area (Å²) in [7, 11) is -1.30. The highest BCUT2D eigenvalue weighted by Gasteiger charge is 1.94. The Morgan fingerprint density at radius 3 is 2.00 bits per heavy atom. The van der Waals surface area contributed by atoms with Gasteiger partial charge in [-0.3, -0.25) is 8.74 Å². The zero-order valence-electron chi connectivity index (χ0n) is 8.55. The van der Waals surface area contributed by atoms with Crippen molar-refractivity contribution in [2.75, 3.05) is 7.11 Å². The fourth-order valence-electron chi connectivity index (χ4n) is 0.737. The molecule has 0 spiro atoms. The third kappa shape index (κ3) is 5.68. The molecule has 1 heterocycles. The van der Waals surface area contributed by atoms with E-state index < -0.39 is 10.4 Å². The molecule has 0 aliphatic heterocycles. The lowest BCUT2D eigenvalue weighted by molar-refractivity contribution is 0.324. The minimum Gasteiger partial charge on any atom is -0.338 e. The second-order valence-electron chi connectivity index (χ2n) is 2.63. The van der Waals surface area contributed by atoms with Crippen molar-refractivity contribution in [3.05, 3.63) is 17.7 Å². The first-order valence-electron chi connectivity index (χ1n) is 3.76. The predicted molar refractivity (Wildman–Crippen MR) is 51.2 cm³/mol. The van der Waals surface area contributed by atoms with Crippen LogP contribution in [0.3, 0.4) is 0 Å². The van der Waals surface area contributed by atoms with Gasteiger partial charge in [0.1, 0.15) is 5.82 Å². The monoisotopic (exact) mass is 222 g/mol. The van der Waals surface area contributed by atoms with E-state index in [9.17, 15) is 8.42 Å². The van der Waals surface area contributed by atoms with Crippen molar-refractivity contribution in [2.24, 2.45) is 7.05 Å². The van der Waals surface area contributed by atoms with E-state index in [0.717, 1.165) is 18.6 Å². The largest absolute Gasteiger partial charge is 0.397 e. The van der Waals surface area contributed by atoms with E-state index in [1.54, 1.807) is 0 Å². The van der Waals surface area contributed by atoms with Gasteiger partial charge in [-0.2, -0.15) is 8.42 Å². The number of nitrogens with zero attached hydrogens (tertiary/aromatic N) is 2. The second kappa shape index (κ2) is 5.08. The molecule has 1 N–H and O–H groups in total. The maximum absolute atomic E-state index is 9.33. The smallest absolute Gasteiger partial charge is 0.338 e. The number of hydrogen-bond donors (Lipinski definition) is 1. The highest BCUT2D eigenvalue weighted by Crippen LogP contribution is 1.95. The van der Waals surface area contributed by atoms with Crippen LogP contribution in [0.2, 0.25) is 0 Å². The Balaban J connectivity index is 0.000000255. The SMILES string of the molecule is COS(=O)(=O)O.Cc1cn(C)c(C)n1. The number of aryl methyl sites for hydroxylation is 3. The molecule has 14 heavy (non-hydrogen) atoms. The first-order chi connectivity index (χ1) is 6.26. The summed E-state index contributed by atoms with van der Waals surface area (Å²) in [5.74, 6) is 1.07. The number of rotatable bonds is 1. The van der Waals surface area contributed by atoms with Crippen LogP contribution in [0.1, 0.15) is 11.5 Å². The molecule has 0 saturated carbocycles. The van der Waals surface area contributed by atoms with Crippen LogP contribution in [0.5, 0.6) is 0 Å².